The van der Waals surface area contributed by atoms with Gasteiger partial charge in [0, 0.05) is 23.7 Å². The molecule has 110 valence electrons. The molecular formula is C17H16N4O. The Morgan fingerprint density at radius 1 is 1.14 bits per heavy atom. The minimum Gasteiger partial charge on any atom is -0.346 e. The molecule has 0 fully saturated rings. The van der Waals surface area contributed by atoms with E-state index in [1.807, 2.05) is 49.5 Å². The second-order valence-corrected chi connectivity index (χ2v) is 4.95. The van der Waals surface area contributed by atoms with Crippen LogP contribution in [0.3, 0.4) is 0 Å². The zero-order chi connectivity index (χ0) is 15.4. The average molecular weight is 292 g/mol. The van der Waals surface area contributed by atoms with Crippen molar-refractivity contribution in [3.8, 4) is 5.69 Å². The molecule has 1 aromatic carbocycles. The molecule has 0 unspecified atom stereocenters. The van der Waals surface area contributed by atoms with E-state index >= 15 is 0 Å². The maximum Gasteiger partial charge on any atom is 0.251 e. The summed E-state index contributed by atoms with van der Waals surface area (Å²) in [5.41, 5.74) is 3.32. The number of hydrogen-bond acceptors (Lipinski definition) is 3. The van der Waals surface area contributed by atoms with E-state index in [0.717, 1.165) is 17.1 Å². The van der Waals surface area contributed by atoms with E-state index in [4.69, 9.17) is 0 Å². The fourth-order valence-corrected chi connectivity index (χ4v) is 2.16. The number of aromatic nitrogens is 3. The summed E-state index contributed by atoms with van der Waals surface area (Å²) in [7, 11) is 0. The van der Waals surface area contributed by atoms with Crippen LogP contribution in [0, 0.1) is 6.92 Å². The van der Waals surface area contributed by atoms with Crippen molar-refractivity contribution in [2.24, 2.45) is 0 Å². The van der Waals surface area contributed by atoms with Gasteiger partial charge in [0.25, 0.3) is 5.91 Å². The van der Waals surface area contributed by atoms with Gasteiger partial charge in [-0.25, -0.2) is 4.68 Å². The molecule has 5 heteroatoms. The summed E-state index contributed by atoms with van der Waals surface area (Å²) >= 11 is 0. The van der Waals surface area contributed by atoms with E-state index in [1.165, 1.54) is 0 Å². The first-order valence-corrected chi connectivity index (χ1v) is 7.03. The first-order valence-electron chi connectivity index (χ1n) is 7.03. The first kappa shape index (κ1) is 14.0. The van der Waals surface area contributed by atoms with Crippen molar-refractivity contribution in [3.05, 3.63) is 77.9 Å². The van der Waals surface area contributed by atoms with Crippen LogP contribution < -0.4 is 5.32 Å². The fourth-order valence-electron chi connectivity index (χ4n) is 2.16. The lowest BCUT2D eigenvalue weighted by atomic mass is 10.2. The third-order valence-electron chi connectivity index (χ3n) is 3.27. The second-order valence-electron chi connectivity index (χ2n) is 4.95. The predicted octanol–water partition coefficient (Wildman–Crippen LogP) is 2.51. The minimum atomic E-state index is -0.115. The van der Waals surface area contributed by atoms with Gasteiger partial charge < -0.3 is 5.32 Å². The average Bonchev–Trinajstić information content (AvgIpc) is 3.07. The Morgan fingerprint density at radius 2 is 1.95 bits per heavy atom. The Bertz CT molecular complexity index is 764. The van der Waals surface area contributed by atoms with Crippen LogP contribution in [0.15, 0.2) is 60.9 Å². The van der Waals surface area contributed by atoms with E-state index in [2.05, 4.69) is 15.4 Å². The van der Waals surface area contributed by atoms with E-state index in [0.29, 0.717) is 12.1 Å². The molecule has 3 rings (SSSR count). The molecule has 0 aliphatic heterocycles. The Balaban J connectivity index is 1.65. The van der Waals surface area contributed by atoms with Gasteiger partial charge in [0.1, 0.15) is 0 Å². The number of nitrogens with one attached hydrogen (secondary N) is 1. The van der Waals surface area contributed by atoms with Gasteiger partial charge in [-0.3, -0.25) is 9.78 Å². The summed E-state index contributed by atoms with van der Waals surface area (Å²) in [6.07, 6.45) is 3.58. The number of carbonyl (C=O) groups excluding carboxylic acids is 1. The molecule has 0 spiro atoms. The zero-order valence-electron chi connectivity index (χ0n) is 12.2. The summed E-state index contributed by atoms with van der Waals surface area (Å²) in [5.74, 6) is -0.115. The van der Waals surface area contributed by atoms with Gasteiger partial charge in [0.05, 0.1) is 17.9 Å². The Labute approximate surface area is 128 Å². The molecule has 2 heterocycles. The summed E-state index contributed by atoms with van der Waals surface area (Å²) in [4.78, 5) is 16.5. The van der Waals surface area contributed by atoms with Crippen molar-refractivity contribution < 1.29 is 4.79 Å². The number of carbonyl (C=O) groups is 1. The van der Waals surface area contributed by atoms with Gasteiger partial charge in [-0.15, -0.1) is 0 Å². The highest BCUT2D eigenvalue weighted by Crippen LogP contribution is 2.09. The van der Waals surface area contributed by atoms with Crippen LogP contribution in [0.5, 0.6) is 0 Å². The van der Waals surface area contributed by atoms with Crippen LogP contribution in [0.2, 0.25) is 0 Å². The van der Waals surface area contributed by atoms with Gasteiger partial charge in [0.15, 0.2) is 0 Å². The van der Waals surface area contributed by atoms with E-state index in [9.17, 15) is 4.79 Å². The van der Waals surface area contributed by atoms with Crippen molar-refractivity contribution >= 4 is 5.91 Å². The molecule has 0 aliphatic carbocycles. The number of pyridine rings is 1. The van der Waals surface area contributed by atoms with E-state index < -0.39 is 0 Å². The van der Waals surface area contributed by atoms with Gasteiger partial charge in [-0.05, 0) is 49.4 Å². The molecule has 0 saturated heterocycles. The third-order valence-corrected chi connectivity index (χ3v) is 3.27. The number of hydrogen-bond donors (Lipinski definition) is 1. The van der Waals surface area contributed by atoms with Crippen LogP contribution in [0.25, 0.3) is 5.69 Å². The quantitative estimate of drug-likeness (QED) is 0.803. The van der Waals surface area contributed by atoms with Crippen LogP contribution >= 0.6 is 0 Å². The highest BCUT2D eigenvalue weighted by atomic mass is 16.1. The number of amides is 1. The van der Waals surface area contributed by atoms with Gasteiger partial charge in [-0.1, -0.05) is 6.07 Å². The number of aryl methyl sites for hydroxylation is 1. The van der Waals surface area contributed by atoms with Crippen LogP contribution in [0.1, 0.15) is 21.7 Å². The summed E-state index contributed by atoms with van der Waals surface area (Å²) < 4.78 is 1.75. The lowest BCUT2D eigenvalue weighted by molar-refractivity contribution is 0.0950. The molecule has 1 amide bonds. The van der Waals surface area contributed by atoms with Crippen LogP contribution in [-0.4, -0.2) is 20.7 Å². The molecule has 2 aromatic heterocycles. The summed E-state index contributed by atoms with van der Waals surface area (Å²) in [5, 5.41) is 7.03. The second kappa shape index (κ2) is 6.22. The Hall–Kier alpha value is -2.95. The number of benzene rings is 1. The molecule has 0 aliphatic rings. The van der Waals surface area contributed by atoms with Crippen molar-refractivity contribution in [2.45, 2.75) is 13.5 Å². The first-order chi connectivity index (χ1) is 10.7. The van der Waals surface area contributed by atoms with Gasteiger partial charge in [0.2, 0.25) is 0 Å². The molecular weight excluding hydrogens is 276 g/mol. The molecule has 5 nitrogen and oxygen atoms in total. The van der Waals surface area contributed by atoms with Gasteiger partial charge in [-0.2, -0.15) is 5.10 Å². The number of rotatable bonds is 4. The minimum absolute atomic E-state index is 0.115. The molecule has 0 radical (unpaired) electrons. The maximum absolute atomic E-state index is 12.1. The SMILES string of the molecule is Cc1cccc(CNC(=O)c2ccc(-n3cccn3)cc2)n1. The largest absolute Gasteiger partial charge is 0.346 e. The molecule has 0 saturated carbocycles. The van der Waals surface area contributed by atoms with E-state index in [-0.39, 0.29) is 5.91 Å². The maximum atomic E-state index is 12.1. The lowest BCUT2D eigenvalue weighted by Gasteiger charge is -2.07. The van der Waals surface area contributed by atoms with Crippen molar-refractivity contribution in [1.29, 1.82) is 0 Å². The summed E-state index contributed by atoms with van der Waals surface area (Å²) in [6, 6.07) is 14.9. The molecule has 0 atom stereocenters. The third kappa shape index (κ3) is 3.20. The standard InChI is InChI=1S/C17H16N4O/c1-13-4-2-5-15(20-13)12-18-17(22)14-6-8-16(9-7-14)21-11-3-10-19-21/h2-11H,12H2,1H3,(H,18,22). The van der Waals surface area contributed by atoms with Crippen LogP contribution in [-0.2, 0) is 6.54 Å². The van der Waals surface area contributed by atoms with E-state index in [1.54, 1.807) is 23.0 Å². The van der Waals surface area contributed by atoms with Crippen molar-refractivity contribution in [1.82, 2.24) is 20.1 Å². The Kier molecular flexibility index (Phi) is 3.96. The van der Waals surface area contributed by atoms with Crippen molar-refractivity contribution in [3.63, 3.8) is 0 Å². The predicted molar refractivity (Wildman–Crippen MR) is 83.7 cm³/mol. The Morgan fingerprint density at radius 3 is 2.64 bits per heavy atom. The molecule has 22 heavy (non-hydrogen) atoms. The highest BCUT2D eigenvalue weighted by molar-refractivity contribution is 5.94. The lowest BCUT2D eigenvalue weighted by Crippen LogP contribution is -2.23. The molecule has 0 bridgehead atoms. The highest BCUT2D eigenvalue weighted by Gasteiger charge is 2.06. The smallest absolute Gasteiger partial charge is 0.251 e. The normalized spacial score (nSPS) is 10.4. The van der Waals surface area contributed by atoms with Gasteiger partial charge >= 0.3 is 0 Å². The van der Waals surface area contributed by atoms with Crippen molar-refractivity contribution in [2.75, 3.05) is 0 Å². The topological polar surface area (TPSA) is 59.8 Å². The number of nitrogens with zero attached hydrogens (tertiary/aromatic N) is 3. The molecule has 3 aromatic rings. The summed E-state index contributed by atoms with van der Waals surface area (Å²) in [6.45, 7) is 2.35. The zero-order valence-corrected chi connectivity index (χ0v) is 12.2. The fraction of sp³-hybridized carbons (Fsp3) is 0.118. The monoisotopic (exact) mass is 292 g/mol. The molecule has 1 N–H and O–H groups in total. The van der Waals surface area contributed by atoms with Crippen LogP contribution in [0.4, 0.5) is 0 Å².